The zero-order valence-corrected chi connectivity index (χ0v) is 20.6. The summed E-state index contributed by atoms with van der Waals surface area (Å²) in [6, 6.07) is 5.85. The number of phenols is 1. The van der Waals surface area contributed by atoms with E-state index in [9.17, 15) is 22.7 Å². The number of carboxylic acid groups (broad SMARTS) is 1. The molecule has 7 rings (SSSR count). The molecule has 3 aliphatic rings. The molecule has 3 heterocycles. The fraction of sp³-hybridized carbons (Fsp3) is 0.321. The molecule has 2 aliphatic carbocycles. The molecule has 12 heteroatoms. The second-order valence-electron chi connectivity index (χ2n) is 10.2. The number of phenolic OH excluding ortho intramolecular Hbond substituents is 1. The second-order valence-corrected chi connectivity index (χ2v) is 10.2. The maximum atomic E-state index is 16.2. The highest BCUT2D eigenvalue weighted by molar-refractivity contribution is 6.02. The summed E-state index contributed by atoms with van der Waals surface area (Å²) in [5.41, 5.74) is 1.71. The minimum absolute atomic E-state index is 0.0264. The summed E-state index contributed by atoms with van der Waals surface area (Å²) in [6.45, 7) is 1.94. The molecule has 1 unspecified atom stereocenters. The number of piperidine rings is 1. The molecule has 206 valence electrons. The largest absolute Gasteiger partial charge is 0.508 e. The zero-order chi connectivity index (χ0) is 28.5. The van der Waals surface area contributed by atoms with Crippen molar-refractivity contribution in [3.63, 3.8) is 0 Å². The molecular formula is C28H21F5N4O3. The summed E-state index contributed by atoms with van der Waals surface area (Å²) in [4.78, 5) is 13.4. The van der Waals surface area contributed by atoms with Gasteiger partial charge in [0.15, 0.2) is 5.82 Å². The molecule has 3 atom stereocenters. The van der Waals surface area contributed by atoms with Gasteiger partial charge in [-0.25, -0.2) is 13.6 Å². The number of aromatic nitrogens is 3. The molecule has 1 saturated heterocycles. The highest BCUT2D eigenvalue weighted by atomic mass is 19.4. The number of halogens is 5. The van der Waals surface area contributed by atoms with Crippen LogP contribution in [0.25, 0.3) is 32.9 Å². The van der Waals surface area contributed by atoms with Gasteiger partial charge in [-0.3, -0.25) is 9.67 Å². The van der Waals surface area contributed by atoms with Crippen LogP contribution in [0.3, 0.4) is 0 Å². The van der Waals surface area contributed by atoms with Gasteiger partial charge in [0.2, 0.25) is 0 Å². The summed E-state index contributed by atoms with van der Waals surface area (Å²) < 4.78 is 64.3. The molecule has 7 nitrogen and oxygen atoms in total. The number of benzene rings is 2. The van der Waals surface area contributed by atoms with E-state index in [1.54, 1.807) is 6.20 Å². The van der Waals surface area contributed by atoms with E-state index < -0.39 is 23.8 Å². The third-order valence-electron chi connectivity index (χ3n) is 7.71. The third kappa shape index (κ3) is 4.21. The molecule has 2 aromatic heterocycles. The van der Waals surface area contributed by atoms with E-state index in [0.717, 1.165) is 37.0 Å². The van der Waals surface area contributed by atoms with Crippen LogP contribution in [-0.2, 0) is 4.79 Å². The van der Waals surface area contributed by atoms with Crippen LogP contribution in [0.2, 0.25) is 0 Å². The van der Waals surface area contributed by atoms with Crippen molar-refractivity contribution in [2.75, 3.05) is 13.1 Å². The lowest BCUT2D eigenvalue weighted by atomic mass is 9.95. The van der Waals surface area contributed by atoms with E-state index in [4.69, 9.17) is 21.4 Å². The highest BCUT2D eigenvalue weighted by Crippen LogP contribution is 2.57. The number of pyridine rings is 1. The molecule has 0 radical (unpaired) electrons. The van der Waals surface area contributed by atoms with Crippen LogP contribution in [0.1, 0.15) is 36.1 Å². The Morgan fingerprint density at radius 1 is 1.15 bits per heavy atom. The smallest absolute Gasteiger partial charge is 0.490 e. The Bertz CT molecular complexity index is 1730. The van der Waals surface area contributed by atoms with Gasteiger partial charge in [0, 0.05) is 28.5 Å². The average Bonchev–Trinajstić information content (AvgIpc) is 3.78. The maximum Gasteiger partial charge on any atom is 0.490 e. The quantitative estimate of drug-likeness (QED) is 0.239. The lowest BCUT2D eigenvalue weighted by Crippen LogP contribution is -2.21. The number of hydrogen-bond donors (Lipinski definition) is 3. The molecule has 2 saturated carbocycles. The van der Waals surface area contributed by atoms with Crippen LogP contribution in [-0.4, -0.2) is 50.2 Å². The van der Waals surface area contributed by atoms with Crippen LogP contribution < -0.4 is 5.32 Å². The standard InChI is InChI=1S/C26H20F2N4O.C2HF3O2/c1-2-15-20(27)6-3-12-7-14(33)8-16(21(12)15)25-23(28)26-19(11-30-25)24(31-32(26)13-4-5-13)22-17-9-29-10-18(17)22;3-2(4,5)1(6)7/h1,3,6-8,11,13,17-18,22,29,33H,4-5,9-10H2;(H,6,7)/t17-,18+,22?;. The molecule has 4 aromatic rings. The predicted molar refractivity (Wildman–Crippen MR) is 135 cm³/mol. The average molecular weight is 556 g/mol. The van der Waals surface area contributed by atoms with Gasteiger partial charge in [-0.2, -0.15) is 18.3 Å². The number of alkyl halides is 3. The second kappa shape index (κ2) is 9.16. The molecule has 3 N–H and O–H groups in total. The van der Waals surface area contributed by atoms with E-state index in [1.807, 2.05) is 4.68 Å². The van der Waals surface area contributed by atoms with Crippen molar-refractivity contribution in [2.24, 2.45) is 11.8 Å². The van der Waals surface area contributed by atoms with Gasteiger partial charge in [-0.15, -0.1) is 6.42 Å². The SMILES string of the molecule is C#Cc1c(F)ccc2cc(O)cc(-c3ncc4c(C5[C@H]6CNC[C@@H]56)nn(C5CC5)c4c3F)c12.O=C(O)C(F)(F)F. The molecule has 40 heavy (non-hydrogen) atoms. The number of hydrogen-bond acceptors (Lipinski definition) is 5. The van der Waals surface area contributed by atoms with Crippen molar-refractivity contribution >= 4 is 27.6 Å². The predicted octanol–water partition coefficient (Wildman–Crippen LogP) is 5.12. The van der Waals surface area contributed by atoms with Crippen LogP contribution in [0.5, 0.6) is 5.75 Å². The van der Waals surface area contributed by atoms with Gasteiger partial charge >= 0.3 is 12.1 Å². The van der Waals surface area contributed by atoms with Crippen LogP contribution in [0.15, 0.2) is 30.5 Å². The topological polar surface area (TPSA) is 100 Å². The first-order chi connectivity index (χ1) is 19.0. The summed E-state index contributed by atoms with van der Waals surface area (Å²) >= 11 is 0. The number of rotatable bonds is 3. The van der Waals surface area contributed by atoms with Gasteiger partial charge in [-0.05, 0) is 61.4 Å². The Labute approximate surface area is 223 Å². The first-order valence-corrected chi connectivity index (χ1v) is 12.5. The fourth-order valence-electron chi connectivity index (χ4n) is 5.70. The van der Waals surface area contributed by atoms with E-state index in [2.05, 4.69) is 16.2 Å². The number of fused-ring (bicyclic) bond motifs is 3. The van der Waals surface area contributed by atoms with Crippen LogP contribution in [0.4, 0.5) is 22.0 Å². The van der Waals surface area contributed by atoms with Crippen molar-refractivity contribution in [3.8, 4) is 29.4 Å². The van der Waals surface area contributed by atoms with Crippen molar-refractivity contribution in [1.82, 2.24) is 20.1 Å². The molecule has 0 bridgehead atoms. The Kier molecular flexibility index (Phi) is 5.96. The van der Waals surface area contributed by atoms with Crippen LogP contribution in [0, 0.1) is 35.8 Å². The Morgan fingerprint density at radius 2 is 1.82 bits per heavy atom. The van der Waals surface area contributed by atoms with Crippen molar-refractivity contribution in [1.29, 1.82) is 0 Å². The first-order valence-electron chi connectivity index (χ1n) is 12.5. The molecule has 0 spiro atoms. The lowest BCUT2D eigenvalue weighted by molar-refractivity contribution is -0.192. The number of carbonyl (C=O) groups is 1. The Morgan fingerprint density at radius 3 is 2.42 bits per heavy atom. The fourth-order valence-corrected chi connectivity index (χ4v) is 5.70. The van der Waals surface area contributed by atoms with Crippen molar-refractivity contribution in [2.45, 2.75) is 31.0 Å². The monoisotopic (exact) mass is 556 g/mol. The number of aromatic hydroxyl groups is 1. The van der Waals surface area contributed by atoms with E-state index in [0.29, 0.717) is 34.0 Å². The van der Waals surface area contributed by atoms with E-state index in [-0.39, 0.29) is 28.6 Å². The van der Waals surface area contributed by atoms with Crippen LogP contribution >= 0.6 is 0 Å². The van der Waals surface area contributed by atoms with Gasteiger partial charge in [0.25, 0.3) is 0 Å². The number of nitrogens with one attached hydrogen (secondary N) is 1. The summed E-state index contributed by atoms with van der Waals surface area (Å²) in [7, 11) is 0. The van der Waals surface area contributed by atoms with Crippen molar-refractivity contribution < 1.29 is 37.0 Å². The number of nitrogens with zero attached hydrogens (tertiary/aromatic N) is 3. The number of aliphatic carboxylic acids is 1. The normalized spacial score (nSPS) is 21.6. The van der Waals surface area contributed by atoms with Gasteiger partial charge < -0.3 is 15.5 Å². The van der Waals surface area contributed by atoms with E-state index >= 15 is 4.39 Å². The first kappa shape index (κ1) is 26.0. The van der Waals surface area contributed by atoms with Gasteiger partial charge in [0.1, 0.15) is 22.8 Å². The molecule has 1 aliphatic heterocycles. The summed E-state index contributed by atoms with van der Waals surface area (Å²) in [5, 5.41) is 27.4. The highest BCUT2D eigenvalue weighted by Gasteiger charge is 2.55. The molecule has 2 aromatic carbocycles. The minimum Gasteiger partial charge on any atom is -0.508 e. The molecular weight excluding hydrogens is 535 g/mol. The van der Waals surface area contributed by atoms with Crippen molar-refractivity contribution in [3.05, 3.63) is 53.4 Å². The summed E-state index contributed by atoms with van der Waals surface area (Å²) in [6.07, 6.45) is 4.14. The number of carboxylic acids is 1. The molecule has 3 fully saturated rings. The third-order valence-corrected chi connectivity index (χ3v) is 7.71. The minimum atomic E-state index is -5.08. The lowest BCUT2D eigenvalue weighted by Gasteiger charge is -2.12. The molecule has 0 amide bonds. The van der Waals surface area contributed by atoms with E-state index in [1.165, 1.54) is 24.3 Å². The number of terminal acetylenes is 1. The summed E-state index contributed by atoms with van der Waals surface area (Å²) in [5.74, 6) is -0.0855. The van der Waals surface area contributed by atoms with Gasteiger partial charge in [-0.1, -0.05) is 12.0 Å². The Balaban J connectivity index is 0.000000370. The Hall–Kier alpha value is -4.24. The van der Waals surface area contributed by atoms with Gasteiger partial charge in [0.05, 0.1) is 17.3 Å². The maximum absolute atomic E-state index is 16.2. The zero-order valence-electron chi connectivity index (χ0n) is 20.6.